The van der Waals surface area contributed by atoms with Crippen molar-refractivity contribution in [1.82, 2.24) is 10.3 Å². The second-order valence-electron chi connectivity index (χ2n) is 7.35. The number of nitrogens with one attached hydrogen (secondary N) is 1. The molecular formula is C24H30N2O5S. The van der Waals surface area contributed by atoms with Gasteiger partial charge in [-0.2, -0.15) is 0 Å². The van der Waals surface area contributed by atoms with Gasteiger partial charge in [-0.1, -0.05) is 50.2 Å². The summed E-state index contributed by atoms with van der Waals surface area (Å²) in [5, 5.41) is 1.83. The number of carbonyl (C=O) groups is 3. The van der Waals surface area contributed by atoms with Crippen LogP contribution in [-0.4, -0.2) is 34.5 Å². The predicted octanol–water partition coefficient (Wildman–Crippen LogP) is 4.47. The zero-order valence-electron chi connectivity index (χ0n) is 18.5. The van der Waals surface area contributed by atoms with Gasteiger partial charge < -0.3 is 9.47 Å². The lowest BCUT2D eigenvalue weighted by Gasteiger charge is -2.11. The lowest BCUT2D eigenvalue weighted by atomic mass is 10.1. The average Bonchev–Trinajstić information content (AvgIpc) is 2.78. The van der Waals surface area contributed by atoms with Crippen LogP contribution in [0.5, 0.6) is 5.75 Å². The van der Waals surface area contributed by atoms with Crippen LogP contribution in [-0.2, 0) is 33.8 Å². The second kappa shape index (κ2) is 14.2. The lowest BCUT2D eigenvalue weighted by molar-refractivity contribution is -0.145. The number of imide groups is 1. The second-order valence-corrected chi connectivity index (χ2v) is 8.76. The molecule has 32 heavy (non-hydrogen) atoms. The summed E-state index contributed by atoms with van der Waals surface area (Å²) in [6.45, 7) is 4.72. The van der Waals surface area contributed by atoms with Crippen LogP contribution in [0.3, 0.4) is 0 Å². The molecule has 0 aliphatic rings. The number of benzene rings is 1. The van der Waals surface area contributed by atoms with Crippen molar-refractivity contribution in [2.75, 3.05) is 6.61 Å². The number of esters is 1. The highest BCUT2D eigenvalue weighted by Crippen LogP contribution is 2.19. The number of amides is 2. The zero-order valence-corrected chi connectivity index (χ0v) is 19.4. The highest BCUT2D eigenvalue weighted by Gasteiger charge is 2.10. The van der Waals surface area contributed by atoms with E-state index in [1.807, 2.05) is 50.2 Å². The molecule has 0 aliphatic heterocycles. The number of aromatic nitrogens is 1. The summed E-state index contributed by atoms with van der Waals surface area (Å²) < 4.78 is 11.0. The summed E-state index contributed by atoms with van der Waals surface area (Å²) in [6.07, 6.45) is 5.77. The molecule has 2 rings (SSSR count). The minimum Gasteiger partial charge on any atom is -0.493 e. The fourth-order valence-corrected chi connectivity index (χ4v) is 3.64. The topological polar surface area (TPSA) is 94.6 Å². The fourth-order valence-electron chi connectivity index (χ4n) is 2.88. The molecule has 1 heterocycles. The number of hydrogen-bond donors (Lipinski definition) is 1. The molecule has 0 saturated heterocycles. The van der Waals surface area contributed by atoms with Crippen molar-refractivity contribution in [1.29, 1.82) is 0 Å². The molecule has 7 nitrogen and oxygen atoms in total. The van der Waals surface area contributed by atoms with E-state index in [0.29, 0.717) is 32.3 Å². The Morgan fingerprint density at radius 1 is 1.16 bits per heavy atom. The molecule has 1 N–H and O–H groups in total. The number of hydrogen-bond acceptors (Lipinski definition) is 7. The maximum atomic E-state index is 11.6. The summed E-state index contributed by atoms with van der Waals surface area (Å²) in [5.74, 6) is 0.593. The third-order valence-electron chi connectivity index (χ3n) is 4.58. The molecule has 1 atom stereocenters. The number of rotatable bonds is 13. The first-order valence-corrected chi connectivity index (χ1v) is 11.6. The maximum Gasteiger partial charge on any atom is 0.306 e. The highest BCUT2D eigenvalue weighted by atomic mass is 32.2. The van der Waals surface area contributed by atoms with Crippen LogP contribution in [0.4, 0.5) is 4.79 Å². The fraction of sp³-hybridized carbons (Fsp3) is 0.417. The summed E-state index contributed by atoms with van der Waals surface area (Å²) in [5.41, 5.74) is 2.86. The summed E-state index contributed by atoms with van der Waals surface area (Å²) in [4.78, 5) is 37.7. The maximum absolute atomic E-state index is 11.6. The van der Waals surface area contributed by atoms with E-state index in [9.17, 15) is 14.4 Å². The van der Waals surface area contributed by atoms with Crippen LogP contribution >= 0.6 is 11.8 Å². The van der Waals surface area contributed by atoms with E-state index in [-0.39, 0.29) is 23.1 Å². The van der Waals surface area contributed by atoms with Gasteiger partial charge in [-0.05, 0) is 36.6 Å². The highest BCUT2D eigenvalue weighted by molar-refractivity contribution is 8.14. The molecule has 0 bridgehead atoms. The minimum atomic E-state index is -0.345. The summed E-state index contributed by atoms with van der Waals surface area (Å²) in [7, 11) is 0. The molecule has 0 aliphatic carbocycles. The van der Waals surface area contributed by atoms with E-state index in [2.05, 4.69) is 10.3 Å². The number of pyridine rings is 1. The van der Waals surface area contributed by atoms with Crippen molar-refractivity contribution in [3.8, 4) is 5.75 Å². The van der Waals surface area contributed by atoms with E-state index in [1.165, 1.54) is 0 Å². The molecule has 0 saturated carbocycles. The SMILES string of the molecule is CCCCC(=O)OCc1ccc(CCOc2ccc(CC(C)SC(=O)NC=O)cc2)nc1. The molecule has 8 heteroatoms. The molecule has 0 fully saturated rings. The summed E-state index contributed by atoms with van der Waals surface area (Å²) >= 11 is 1.10. The number of unbranched alkanes of at least 4 members (excludes halogenated alkanes) is 1. The Hall–Kier alpha value is -2.87. The van der Waals surface area contributed by atoms with Crippen LogP contribution in [0, 0.1) is 0 Å². The van der Waals surface area contributed by atoms with Crippen LogP contribution < -0.4 is 10.1 Å². The minimum absolute atomic E-state index is 0.0515. The van der Waals surface area contributed by atoms with Gasteiger partial charge in [0, 0.05) is 35.5 Å². The van der Waals surface area contributed by atoms with Gasteiger partial charge >= 0.3 is 5.97 Å². The van der Waals surface area contributed by atoms with Crippen molar-refractivity contribution in [3.05, 3.63) is 59.4 Å². The van der Waals surface area contributed by atoms with Crippen LogP contribution in [0.15, 0.2) is 42.6 Å². The van der Waals surface area contributed by atoms with E-state index in [1.54, 1.807) is 6.20 Å². The Bertz CT molecular complexity index is 856. The van der Waals surface area contributed by atoms with Gasteiger partial charge in [-0.15, -0.1) is 0 Å². The van der Waals surface area contributed by atoms with Crippen LogP contribution in [0.25, 0.3) is 0 Å². The molecule has 0 radical (unpaired) electrons. The van der Waals surface area contributed by atoms with Crippen LogP contribution in [0.1, 0.15) is 49.9 Å². The number of ether oxygens (including phenoxy) is 2. The van der Waals surface area contributed by atoms with Gasteiger partial charge in [-0.3, -0.25) is 24.7 Å². The molecule has 0 spiro atoms. The van der Waals surface area contributed by atoms with E-state index >= 15 is 0 Å². The van der Waals surface area contributed by atoms with E-state index in [0.717, 1.165) is 47.2 Å². The Labute approximate surface area is 193 Å². The smallest absolute Gasteiger partial charge is 0.306 e. The van der Waals surface area contributed by atoms with Gasteiger partial charge in [0.15, 0.2) is 0 Å². The third-order valence-corrected chi connectivity index (χ3v) is 5.48. The molecular weight excluding hydrogens is 428 g/mol. The van der Waals surface area contributed by atoms with Crippen molar-refractivity contribution >= 4 is 29.4 Å². The average molecular weight is 459 g/mol. The monoisotopic (exact) mass is 458 g/mol. The first-order chi connectivity index (χ1) is 15.5. The van der Waals surface area contributed by atoms with Gasteiger partial charge in [0.1, 0.15) is 12.4 Å². The van der Waals surface area contributed by atoms with Gasteiger partial charge in [0.05, 0.1) is 6.61 Å². The molecule has 1 unspecified atom stereocenters. The van der Waals surface area contributed by atoms with E-state index < -0.39 is 0 Å². The van der Waals surface area contributed by atoms with Gasteiger partial charge in [0.2, 0.25) is 6.41 Å². The Morgan fingerprint density at radius 2 is 1.91 bits per heavy atom. The van der Waals surface area contributed by atoms with Crippen molar-refractivity contribution in [2.24, 2.45) is 0 Å². The summed E-state index contributed by atoms with van der Waals surface area (Å²) in [6, 6.07) is 11.6. The molecule has 172 valence electrons. The quantitative estimate of drug-likeness (QED) is 0.350. The Kier molecular flexibility index (Phi) is 11.3. The standard InChI is InChI=1S/C24H30N2O5S/c1-3-4-5-23(28)31-16-20-6-9-21(25-15-20)12-13-30-22-10-7-19(8-11-22)14-18(2)32-24(29)26-17-27/h6-11,15,17-18H,3-5,12-14,16H2,1-2H3,(H,26,27,29). The van der Waals surface area contributed by atoms with Crippen LogP contribution in [0.2, 0.25) is 0 Å². The largest absolute Gasteiger partial charge is 0.493 e. The normalized spacial score (nSPS) is 11.4. The molecule has 1 aromatic carbocycles. The third kappa shape index (κ3) is 9.96. The first-order valence-electron chi connectivity index (χ1n) is 10.7. The van der Waals surface area contributed by atoms with Crippen molar-refractivity contribution in [3.63, 3.8) is 0 Å². The molecule has 2 amide bonds. The van der Waals surface area contributed by atoms with Crippen molar-refractivity contribution < 1.29 is 23.9 Å². The number of nitrogens with zero attached hydrogens (tertiary/aromatic N) is 1. The van der Waals surface area contributed by atoms with Crippen molar-refractivity contribution in [2.45, 2.75) is 57.8 Å². The number of thioether (sulfide) groups is 1. The van der Waals surface area contributed by atoms with E-state index in [4.69, 9.17) is 9.47 Å². The zero-order chi connectivity index (χ0) is 23.2. The lowest BCUT2D eigenvalue weighted by Crippen LogP contribution is -2.19. The predicted molar refractivity (Wildman–Crippen MR) is 125 cm³/mol. The van der Waals surface area contributed by atoms with Gasteiger partial charge in [-0.25, -0.2) is 0 Å². The molecule has 1 aromatic heterocycles. The molecule has 2 aromatic rings. The van der Waals surface area contributed by atoms with Gasteiger partial charge in [0.25, 0.3) is 5.24 Å². The Balaban J connectivity index is 1.70. The number of carbonyl (C=O) groups excluding carboxylic acids is 3. The first kappa shape index (κ1) is 25.4. The Morgan fingerprint density at radius 3 is 2.56 bits per heavy atom.